The Labute approximate surface area is 146 Å². The molecule has 0 amide bonds. The number of hydrazine groups is 1. The third-order valence-electron chi connectivity index (χ3n) is 3.37. The lowest BCUT2D eigenvalue weighted by molar-refractivity contribution is -0.0895. The minimum Gasteiger partial charge on any atom is -0.481 e. The van der Waals surface area contributed by atoms with Crippen LogP contribution < -0.4 is 21.1 Å². The minimum absolute atomic E-state index is 0.143. The third kappa shape index (κ3) is 4.56. The summed E-state index contributed by atoms with van der Waals surface area (Å²) in [6.45, 7) is 2.30. The summed E-state index contributed by atoms with van der Waals surface area (Å²) < 4.78 is 57.5. The van der Waals surface area contributed by atoms with Crippen molar-refractivity contribution >= 4 is 23.0 Å². The van der Waals surface area contributed by atoms with E-state index in [4.69, 9.17) is 22.2 Å². The Kier molecular flexibility index (Phi) is 5.81. The number of hydrogen-bond acceptors (Lipinski definition) is 5. The van der Waals surface area contributed by atoms with E-state index in [9.17, 15) is 22.8 Å². The SMILES string of the molecule is CCNc1cc(OC2C(Cl)=CC(C(F)(F)F)=CC2F)ccc1N(N)O. The fourth-order valence-electron chi connectivity index (χ4n) is 2.25. The van der Waals surface area contributed by atoms with E-state index in [1.54, 1.807) is 6.92 Å². The van der Waals surface area contributed by atoms with Crippen LogP contribution in [0, 0.1) is 0 Å². The second-order valence-corrected chi connectivity index (χ2v) is 5.62. The van der Waals surface area contributed by atoms with Gasteiger partial charge in [-0.1, -0.05) is 11.6 Å². The number of halogens is 5. The van der Waals surface area contributed by atoms with Crippen LogP contribution in [0.5, 0.6) is 5.75 Å². The van der Waals surface area contributed by atoms with Gasteiger partial charge in [-0.25, -0.2) is 10.2 Å². The molecule has 0 spiro atoms. The highest BCUT2D eigenvalue weighted by molar-refractivity contribution is 6.30. The number of hydrogen-bond donors (Lipinski definition) is 3. The lowest BCUT2D eigenvalue weighted by Gasteiger charge is -2.26. The van der Waals surface area contributed by atoms with E-state index in [1.807, 2.05) is 0 Å². The van der Waals surface area contributed by atoms with Crippen LogP contribution in [0.25, 0.3) is 0 Å². The molecule has 2 unspecified atom stereocenters. The molecule has 0 bridgehead atoms. The van der Waals surface area contributed by atoms with E-state index in [2.05, 4.69) is 5.32 Å². The molecule has 1 aromatic carbocycles. The number of alkyl halides is 4. The largest absolute Gasteiger partial charge is 0.481 e. The molecule has 0 radical (unpaired) electrons. The zero-order chi connectivity index (χ0) is 18.8. The van der Waals surface area contributed by atoms with Gasteiger partial charge < -0.3 is 10.1 Å². The van der Waals surface area contributed by atoms with Gasteiger partial charge in [-0.15, -0.1) is 0 Å². The number of nitrogens with zero attached hydrogens (tertiary/aromatic N) is 1. The molecular formula is C15H16ClF4N3O2. The summed E-state index contributed by atoms with van der Waals surface area (Å²) in [5.74, 6) is 5.43. The van der Waals surface area contributed by atoms with Crippen molar-refractivity contribution in [3.05, 3.63) is 41.0 Å². The van der Waals surface area contributed by atoms with Crippen LogP contribution in [0.4, 0.5) is 28.9 Å². The van der Waals surface area contributed by atoms with Crippen LogP contribution in [-0.2, 0) is 0 Å². The molecule has 5 nitrogen and oxygen atoms in total. The van der Waals surface area contributed by atoms with E-state index in [1.165, 1.54) is 18.2 Å². The number of rotatable bonds is 5. The first kappa shape index (κ1) is 19.4. The van der Waals surface area contributed by atoms with Crippen LogP contribution in [0.1, 0.15) is 6.92 Å². The average molecular weight is 382 g/mol. The monoisotopic (exact) mass is 381 g/mol. The van der Waals surface area contributed by atoms with Gasteiger partial charge in [0.05, 0.1) is 16.3 Å². The van der Waals surface area contributed by atoms with E-state index < -0.39 is 29.1 Å². The Hall–Kier alpha value is -1.97. The van der Waals surface area contributed by atoms with Gasteiger partial charge in [0.25, 0.3) is 0 Å². The second-order valence-electron chi connectivity index (χ2n) is 5.19. The maximum atomic E-state index is 14.1. The van der Waals surface area contributed by atoms with Crippen LogP contribution in [0.2, 0.25) is 0 Å². The third-order valence-corrected chi connectivity index (χ3v) is 3.69. The first-order valence-electron chi connectivity index (χ1n) is 7.22. The smallest absolute Gasteiger partial charge is 0.416 e. The zero-order valence-corrected chi connectivity index (χ0v) is 13.8. The van der Waals surface area contributed by atoms with Gasteiger partial charge in [-0.2, -0.15) is 18.3 Å². The molecule has 2 rings (SSSR count). The maximum absolute atomic E-state index is 14.1. The van der Waals surface area contributed by atoms with Gasteiger partial charge in [0.15, 0.2) is 12.3 Å². The van der Waals surface area contributed by atoms with Crippen molar-refractivity contribution in [2.45, 2.75) is 25.4 Å². The average Bonchev–Trinajstić information content (AvgIpc) is 2.50. The summed E-state index contributed by atoms with van der Waals surface area (Å²) in [5.41, 5.74) is -0.536. The Bertz CT molecular complexity index is 692. The van der Waals surface area contributed by atoms with E-state index in [-0.39, 0.29) is 11.4 Å². The fraction of sp³-hybridized carbons (Fsp3) is 0.333. The van der Waals surface area contributed by atoms with Crippen molar-refractivity contribution in [2.75, 3.05) is 17.0 Å². The molecule has 4 N–H and O–H groups in total. The van der Waals surface area contributed by atoms with Crippen LogP contribution in [0.3, 0.4) is 0 Å². The van der Waals surface area contributed by atoms with Crippen LogP contribution in [-0.4, -0.2) is 30.2 Å². The van der Waals surface area contributed by atoms with E-state index in [0.29, 0.717) is 29.6 Å². The Morgan fingerprint density at radius 3 is 2.60 bits per heavy atom. The molecule has 0 heterocycles. The Balaban J connectivity index is 2.24. The summed E-state index contributed by atoms with van der Waals surface area (Å²) in [7, 11) is 0. The minimum atomic E-state index is -4.69. The molecule has 0 aliphatic heterocycles. The van der Waals surface area contributed by atoms with Gasteiger partial charge in [0.2, 0.25) is 0 Å². The number of allylic oxidation sites excluding steroid dienone is 2. The fourth-order valence-corrected chi connectivity index (χ4v) is 2.54. The normalized spacial score (nSPS) is 20.6. The highest BCUT2D eigenvalue weighted by atomic mass is 35.5. The molecule has 1 aliphatic rings. The molecule has 1 aromatic rings. The first-order chi connectivity index (χ1) is 11.6. The summed E-state index contributed by atoms with van der Waals surface area (Å²) >= 11 is 5.78. The van der Waals surface area contributed by atoms with Crippen LogP contribution in [0.15, 0.2) is 41.0 Å². The lowest BCUT2D eigenvalue weighted by atomic mass is 10.0. The van der Waals surface area contributed by atoms with Crippen molar-refractivity contribution in [1.29, 1.82) is 0 Å². The Morgan fingerprint density at radius 2 is 2.08 bits per heavy atom. The van der Waals surface area contributed by atoms with Crippen molar-refractivity contribution in [2.24, 2.45) is 5.84 Å². The van der Waals surface area contributed by atoms with Crippen molar-refractivity contribution < 1.29 is 27.5 Å². The first-order valence-corrected chi connectivity index (χ1v) is 7.59. The quantitative estimate of drug-likeness (QED) is 0.410. The number of ether oxygens (including phenoxy) is 1. The predicted octanol–water partition coefficient (Wildman–Crippen LogP) is 3.90. The number of nitrogens with one attached hydrogen (secondary N) is 1. The zero-order valence-electron chi connectivity index (χ0n) is 13.0. The van der Waals surface area contributed by atoms with Gasteiger partial charge >= 0.3 is 6.18 Å². The summed E-state index contributed by atoms with van der Waals surface area (Å²) in [4.78, 5) is 0. The second kappa shape index (κ2) is 7.51. The molecule has 25 heavy (non-hydrogen) atoms. The molecule has 10 heteroatoms. The highest BCUT2D eigenvalue weighted by Gasteiger charge is 2.39. The van der Waals surface area contributed by atoms with Crippen molar-refractivity contribution in [1.82, 2.24) is 0 Å². The number of anilines is 2. The molecular weight excluding hydrogens is 366 g/mol. The van der Waals surface area contributed by atoms with Crippen molar-refractivity contribution in [3.8, 4) is 5.75 Å². The summed E-state index contributed by atoms with van der Waals surface area (Å²) in [6.07, 6.45) is -7.11. The van der Waals surface area contributed by atoms with Crippen molar-refractivity contribution in [3.63, 3.8) is 0 Å². The van der Waals surface area contributed by atoms with Gasteiger partial charge in [-0.3, -0.25) is 5.21 Å². The molecule has 2 atom stereocenters. The number of nitrogens with two attached hydrogens (primary N) is 1. The van der Waals surface area contributed by atoms with Crippen LogP contribution >= 0.6 is 11.6 Å². The molecule has 0 saturated carbocycles. The lowest BCUT2D eigenvalue weighted by Crippen LogP contribution is -2.32. The van der Waals surface area contributed by atoms with E-state index in [0.717, 1.165) is 0 Å². The molecule has 0 aromatic heterocycles. The van der Waals surface area contributed by atoms with E-state index >= 15 is 0 Å². The maximum Gasteiger partial charge on any atom is 0.416 e. The Morgan fingerprint density at radius 1 is 1.40 bits per heavy atom. The molecule has 0 fully saturated rings. The summed E-state index contributed by atoms with van der Waals surface area (Å²) in [5, 5.41) is 12.3. The van der Waals surface area contributed by atoms with Gasteiger partial charge in [0.1, 0.15) is 11.4 Å². The topological polar surface area (TPSA) is 70.8 Å². The molecule has 138 valence electrons. The standard InChI is InChI=1S/C15H16ClF4N3O2/c1-2-22-12-7-9(3-4-13(12)23(21)24)25-14-10(16)5-8(6-11(14)17)15(18,19)20/h3-7,11,14,22,24H,2,21H2,1H3. The molecule has 0 saturated heterocycles. The molecule has 1 aliphatic carbocycles. The summed E-state index contributed by atoms with van der Waals surface area (Å²) in [6, 6.07) is 4.21. The van der Waals surface area contributed by atoms with Gasteiger partial charge in [0, 0.05) is 12.6 Å². The number of benzene rings is 1. The van der Waals surface area contributed by atoms with Gasteiger partial charge in [-0.05, 0) is 31.2 Å². The highest BCUT2D eigenvalue weighted by Crippen LogP contribution is 2.36. The predicted molar refractivity (Wildman–Crippen MR) is 86.4 cm³/mol.